The molecule has 1 unspecified atom stereocenters. The van der Waals surface area contributed by atoms with Gasteiger partial charge in [-0.25, -0.2) is 0 Å². The maximum atomic E-state index is 5.66. The Morgan fingerprint density at radius 1 is 1.30 bits per heavy atom. The van der Waals surface area contributed by atoms with Gasteiger partial charge in [-0.05, 0) is 38.1 Å². The van der Waals surface area contributed by atoms with Crippen LogP contribution in [0.5, 0.6) is 0 Å². The van der Waals surface area contributed by atoms with Crippen molar-refractivity contribution in [3.05, 3.63) is 11.7 Å². The van der Waals surface area contributed by atoms with Crippen molar-refractivity contribution in [2.75, 3.05) is 13.2 Å². The van der Waals surface area contributed by atoms with E-state index >= 15 is 0 Å². The summed E-state index contributed by atoms with van der Waals surface area (Å²) in [6.07, 6.45) is 4.72. The van der Waals surface area contributed by atoms with Gasteiger partial charge in [-0.15, -0.1) is 0 Å². The predicted molar refractivity (Wildman–Crippen MR) is 79.3 cm³/mol. The second-order valence-corrected chi connectivity index (χ2v) is 5.98. The first-order valence-corrected chi connectivity index (χ1v) is 7.66. The lowest BCUT2D eigenvalue weighted by Gasteiger charge is -2.22. The maximum absolute atomic E-state index is 5.66. The fourth-order valence-electron chi connectivity index (χ4n) is 2.21. The molecule has 1 rings (SSSR count). The highest BCUT2D eigenvalue weighted by Gasteiger charge is 2.21. The molecule has 1 heterocycles. The standard InChI is InChI=1S/C15H29N3O2/c1-5-7-12(19-6-2)14-17-13(20-18-14)8-9-15(3,4)10-11-16/h12H,5-11,16H2,1-4H3. The minimum absolute atomic E-state index is 0.0421. The van der Waals surface area contributed by atoms with Gasteiger partial charge in [0.05, 0.1) is 0 Å². The lowest BCUT2D eigenvalue weighted by atomic mass is 9.84. The molecule has 0 saturated heterocycles. The molecule has 0 amide bonds. The molecule has 116 valence electrons. The third kappa shape index (κ3) is 5.59. The van der Waals surface area contributed by atoms with E-state index in [4.69, 9.17) is 15.0 Å². The highest BCUT2D eigenvalue weighted by molar-refractivity contribution is 4.92. The first kappa shape index (κ1) is 17.1. The molecular formula is C15H29N3O2. The fourth-order valence-corrected chi connectivity index (χ4v) is 2.21. The first-order valence-electron chi connectivity index (χ1n) is 7.66. The molecule has 0 aliphatic carbocycles. The summed E-state index contributed by atoms with van der Waals surface area (Å²) in [5.41, 5.74) is 5.84. The number of nitrogens with zero attached hydrogens (tertiary/aromatic N) is 2. The van der Waals surface area contributed by atoms with Gasteiger partial charge in [0.1, 0.15) is 6.10 Å². The van der Waals surface area contributed by atoms with Gasteiger partial charge in [-0.3, -0.25) is 0 Å². The lowest BCUT2D eigenvalue weighted by molar-refractivity contribution is 0.0477. The second kappa shape index (κ2) is 8.37. The lowest BCUT2D eigenvalue weighted by Crippen LogP contribution is -2.17. The molecule has 5 nitrogen and oxygen atoms in total. The van der Waals surface area contributed by atoms with E-state index in [0.29, 0.717) is 24.9 Å². The molecule has 0 aliphatic heterocycles. The SMILES string of the molecule is CCCC(OCC)c1noc(CCC(C)(C)CCN)n1. The summed E-state index contributed by atoms with van der Waals surface area (Å²) in [5.74, 6) is 1.38. The van der Waals surface area contributed by atoms with Crippen LogP contribution >= 0.6 is 0 Å². The fraction of sp³-hybridized carbons (Fsp3) is 0.867. The Kier molecular flexibility index (Phi) is 7.16. The van der Waals surface area contributed by atoms with E-state index in [-0.39, 0.29) is 11.5 Å². The van der Waals surface area contributed by atoms with Crippen molar-refractivity contribution in [2.24, 2.45) is 11.1 Å². The molecule has 0 aliphatic rings. The van der Waals surface area contributed by atoms with Crippen LogP contribution in [0.4, 0.5) is 0 Å². The number of nitrogens with two attached hydrogens (primary N) is 1. The summed E-state index contributed by atoms with van der Waals surface area (Å²) in [6.45, 7) is 9.93. The number of ether oxygens (including phenoxy) is 1. The van der Waals surface area contributed by atoms with Crippen molar-refractivity contribution in [3.8, 4) is 0 Å². The van der Waals surface area contributed by atoms with Gasteiger partial charge < -0.3 is 15.0 Å². The number of hydrogen-bond donors (Lipinski definition) is 1. The van der Waals surface area contributed by atoms with Gasteiger partial charge in [0.2, 0.25) is 11.7 Å². The molecule has 5 heteroatoms. The van der Waals surface area contributed by atoms with E-state index in [2.05, 4.69) is 30.9 Å². The summed E-state index contributed by atoms with van der Waals surface area (Å²) < 4.78 is 11.0. The molecule has 0 radical (unpaired) electrons. The highest BCUT2D eigenvalue weighted by Crippen LogP contribution is 2.26. The molecule has 0 spiro atoms. The Hall–Kier alpha value is -0.940. The minimum Gasteiger partial charge on any atom is -0.370 e. The van der Waals surface area contributed by atoms with Crippen molar-refractivity contribution in [1.29, 1.82) is 0 Å². The summed E-state index contributed by atoms with van der Waals surface area (Å²) in [6, 6.07) is 0. The zero-order valence-corrected chi connectivity index (χ0v) is 13.3. The molecule has 1 aromatic heterocycles. The smallest absolute Gasteiger partial charge is 0.226 e. The summed E-state index contributed by atoms with van der Waals surface area (Å²) >= 11 is 0. The van der Waals surface area contributed by atoms with Crippen molar-refractivity contribution in [2.45, 2.75) is 65.9 Å². The second-order valence-electron chi connectivity index (χ2n) is 5.98. The van der Waals surface area contributed by atoms with E-state index in [1.54, 1.807) is 0 Å². The third-order valence-corrected chi connectivity index (χ3v) is 3.53. The average molecular weight is 283 g/mol. The van der Waals surface area contributed by atoms with E-state index < -0.39 is 0 Å². The van der Waals surface area contributed by atoms with Crippen LogP contribution < -0.4 is 5.73 Å². The van der Waals surface area contributed by atoms with Crippen LogP contribution in [0.1, 0.15) is 71.2 Å². The van der Waals surface area contributed by atoms with Crippen molar-refractivity contribution < 1.29 is 9.26 Å². The van der Waals surface area contributed by atoms with Gasteiger partial charge in [-0.1, -0.05) is 32.3 Å². The summed E-state index contributed by atoms with van der Waals surface area (Å²) in [5, 5.41) is 4.06. The van der Waals surface area contributed by atoms with E-state index in [1.807, 2.05) is 6.92 Å². The number of rotatable bonds is 10. The molecule has 2 N–H and O–H groups in total. The van der Waals surface area contributed by atoms with Crippen LogP contribution in [0.25, 0.3) is 0 Å². The first-order chi connectivity index (χ1) is 9.52. The van der Waals surface area contributed by atoms with Crippen LogP contribution in [0.15, 0.2) is 4.52 Å². The van der Waals surface area contributed by atoms with E-state index in [0.717, 1.165) is 32.1 Å². The maximum Gasteiger partial charge on any atom is 0.226 e. The minimum atomic E-state index is -0.0421. The van der Waals surface area contributed by atoms with Crippen molar-refractivity contribution in [1.82, 2.24) is 10.1 Å². The quantitative estimate of drug-likeness (QED) is 0.713. The number of aryl methyl sites for hydroxylation is 1. The Labute approximate surface area is 122 Å². The van der Waals surface area contributed by atoms with Gasteiger partial charge in [0.15, 0.2) is 0 Å². The van der Waals surface area contributed by atoms with Crippen LogP contribution in [-0.4, -0.2) is 23.3 Å². The molecule has 20 heavy (non-hydrogen) atoms. The summed E-state index contributed by atoms with van der Waals surface area (Å²) in [4.78, 5) is 4.48. The Morgan fingerprint density at radius 3 is 2.65 bits per heavy atom. The monoisotopic (exact) mass is 283 g/mol. The predicted octanol–water partition coefficient (Wildman–Crippen LogP) is 3.25. The molecule has 1 atom stereocenters. The van der Waals surface area contributed by atoms with Crippen LogP contribution in [0, 0.1) is 5.41 Å². The Morgan fingerprint density at radius 2 is 2.05 bits per heavy atom. The van der Waals surface area contributed by atoms with E-state index in [9.17, 15) is 0 Å². The topological polar surface area (TPSA) is 74.2 Å². The third-order valence-electron chi connectivity index (χ3n) is 3.53. The summed E-state index contributed by atoms with van der Waals surface area (Å²) in [7, 11) is 0. The van der Waals surface area contributed by atoms with Crippen LogP contribution in [0.3, 0.4) is 0 Å². The normalized spacial score (nSPS) is 13.7. The largest absolute Gasteiger partial charge is 0.370 e. The van der Waals surface area contributed by atoms with Crippen molar-refractivity contribution >= 4 is 0 Å². The van der Waals surface area contributed by atoms with Crippen LogP contribution in [-0.2, 0) is 11.2 Å². The van der Waals surface area contributed by atoms with Gasteiger partial charge >= 0.3 is 0 Å². The van der Waals surface area contributed by atoms with Gasteiger partial charge in [-0.2, -0.15) is 4.98 Å². The Bertz CT molecular complexity index is 371. The van der Waals surface area contributed by atoms with E-state index in [1.165, 1.54) is 0 Å². The van der Waals surface area contributed by atoms with Crippen LogP contribution in [0.2, 0.25) is 0 Å². The molecule has 0 saturated carbocycles. The molecule has 0 aromatic carbocycles. The van der Waals surface area contributed by atoms with Crippen molar-refractivity contribution in [3.63, 3.8) is 0 Å². The van der Waals surface area contributed by atoms with Gasteiger partial charge in [0.25, 0.3) is 0 Å². The average Bonchev–Trinajstić information content (AvgIpc) is 2.85. The highest BCUT2D eigenvalue weighted by atomic mass is 16.5. The molecular weight excluding hydrogens is 254 g/mol. The molecule has 0 fully saturated rings. The molecule has 0 bridgehead atoms. The van der Waals surface area contributed by atoms with Gasteiger partial charge in [0, 0.05) is 13.0 Å². The molecule has 1 aromatic rings. The Balaban J connectivity index is 2.57. The zero-order valence-electron chi connectivity index (χ0n) is 13.3. The number of hydrogen-bond acceptors (Lipinski definition) is 5. The zero-order chi connectivity index (χ0) is 15.0. The number of aromatic nitrogens is 2.